The number of ether oxygens (including phenoxy) is 3. The second kappa shape index (κ2) is 9.62. The highest BCUT2D eigenvalue weighted by Crippen LogP contribution is 2.31. The highest BCUT2D eigenvalue weighted by molar-refractivity contribution is 6.31. The number of rotatable bonds is 6. The smallest absolute Gasteiger partial charge is 0.262 e. The maximum Gasteiger partial charge on any atom is 0.262 e. The number of carbonyl (C=O) groups excluding carboxylic acids is 2. The molecule has 3 rings (SSSR count). The quantitative estimate of drug-likeness (QED) is 0.779. The highest BCUT2D eigenvalue weighted by Gasteiger charge is 2.22. The van der Waals surface area contributed by atoms with Crippen LogP contribution in [0.4, 0.5) is 5.69 Å². The third kappa shape index (κ3) is 5.19. The number of carbonyl (C=O) groups is 2. The molecule has 0 spiro atoms. The summed E-state index contributed by atoms with van der Waals surface area (Å²) in [5.74, 6) is 0.299. The summed E-state index contributed by atoms with van der Waals surface area (Å²) >= 11 is 6.09. The van der Waals surface area contributed by atoms with Gasteiger partial charge in [-0.15, -0.1) is 0 Å². The largest absolute Gasteiger partial charge is 0.495 e. The van der Waals surface area contributed by atoms with Gasteiger partial charge in [-0.05, 0) is 30.7 Å². The summed E-state index contributed by atoms with van der Waals surface area (Å²) in [7, 11) is 1.50. The molecule has 1 fully saturated rings. The van der Waals surface area contributed by atoms with Crippen LogP contribution in [0.2, 0.25) is 5.02 Å². The van der Waals surface area contributed by atoms with Gasteiger partial charge in [-0.1, -0.05) is 23.7 Å². The number of hydrogen-bond donors (Lipinski definition) is 1. The van der Waals surface area contributed by atoms with E-state index in [2.05, 4.69) is 5.32 Å². The predicted octanol–water partition coefficient (Wildman–Crippen LogP) is 3.15. The molecule has 0 bridgehead atoms. The molecule has 29 heavy (non-hydrogen) atoms. The minimum absolute atomic E-state index is 0.140. The number of hydrogen-bond acceptors (Lipinski definition) is 5. The van der Waals surface area contributed by atoms with Crippen LogP contribution in [0.25, 0.3) is 0 Å². The fraction of sp³-hybridized carbons (Fsp3) is 0.333. The molecule has 8 heteroatoms. The second-order valence-corrected chi connectivity index (χ2v) is 6.95. The molecule has 1 saturated heterocycles. The van der Waals surface area contributed by atoms with E-state index in [1.54, 1.807) is 41.3 Å². The molecular formula is C21H23ClN2O5. The lowest BCUT2D eigenvalue weighted by Crippen LogP contribution is -2.40. The Morgan fingerprint density at radius 2 is 1.90 bits per heavy atom. The van der Waals surface area contributed by atoms with Gasteiger partial charge in [0.25, 0.3) is 11.8 Å². The first kappa shape index (κ1) is 21.0. The molecule has 0 aromatic heterocycles. The van der Waals surface area contributed by atoms with E-state index in [9.17, 15) is 9.59 Å². The number of nitrogens with zero attached hydrogens (tertiary/aromatic N) is 1. The number of benzene rings is 2. The topological polar surface area (TPSA) is 77.1 Å². The maximum atomic E-state index is 12.8. The molecule has 7 nitrogen and oxygen atoms in total. The van der Waals surface area contributed by atoms with Gasteiger partial charge in [0, 0.05) is 24.2 Å². The Morgan fingerprint density at radius 1 is 1.17 bits per heavy atom. The number of morpholine rings is 1. The van der Waals surface area contributed by atoms with Gasteiger partial charge in [-0.2, -0.15) is 0 Å². The van der Waals surface area contributed by atoms with Crippen molar-refractivity contribution in [1.82, 2.24) is 4.90 Å². The van der Waals surface area contributed by atoms with Crippen LogP contribution in [0.15, 0.2) is 36.4 Å². The van der Waals surface area contributed by atoms with Crippen LogP contribution in [0.5, 0.6) is 11.5 Å². The zero-order valence-electron chi connectivity index (χ0n) is 16.4. The molecule has 154 valence electrons. The highest BCUT2D eigenvalue weighted by atomic mass is 35.5. The molecule has 0 saturated carbocycles. The average Bonchev–Trinajstić information content (AvgIpc) is 2.75. The van der Waals surface area contributed by atoms with Crippen molar-refractivity contribution in [1.29, 1.82) is 0 Å². The number of halogens is 1. The monoisotopic (exact) mass is 418 g/mol. The van der Waals surface area contributed by atoms with E-state index in [1.807, 2.05) is 6.92 Å². The summed E-state index contributed by atoms with van der Waals surface area (Å²) in [5.41, 5.74) is 1.73. The van der Waals surface area contributed by atoms with Crippen molar-refractivity contribution in [3.8, 4) is 11.5 Å². The van der Waals surface area contributed by atoms with Gasteiger partial charge in [0.1, 0.15) is 11.5 Å². The fourth-order valence-corrected chi connectivity index (χ4v) is 3.12. The van der Waals surface area contributed by atoms with Crippen molar-refractivity contribution in [3.05, 3.63) is 52.5 Å². The van der Waals surface area contributed by atoms with E-state index in [4.69, 9.17) is 25.8 Å². The van der Waals surface area contributed by atoms with Crippen LogP contribution >= 0.6 is 11.6 Å². The molecule has 1 aliphatic heterocycles. The number of nitrogens with one attached hydrogen (secondary N) is 1. The standard InChI is InChI=1S/C21H23ClN2O5/c1-14-11-17(19(27-2)12-16(14)22)23-20(25)13-29-18-6-4-3-5-15(18)21(26)24-7-9-28-10-8-24/h3-6,11-12H,7-10,13H2,1-2H3,(H,23,25). The summed E-state index contributed by atoms with van der Waals surface area (Å²) in [5, 5.41) is 3.30. The van der Waals surface area contributed by atoms with Crippen LogP contribution in [0.1, 0.15) is 15.9 Å². The second-order valence-electron chi connectivity index (χ2n) is 6.54. The zero-order chi connectivity index (χ0) is 20.8. The van der Waals surface area contributed by atoms with Gasteiger partial charge in [0.2, 0.25) is 0 Å². The Kier molecular flexibility index (Phi) is 6.95. The third-order valence-electron chi connectivity index (χ3n) is 4.53. The molecule has 1 aliphatic rings. The molecular weight excluding hydrogens is 396 g/mol. The van der Waals surface area contributed by atoms with Crippen LogP contribution in [-0.4, -0.2) is 56.7 Å². The summed E-state index contributed by atoms with van der Waals surface area (Å²) in [6.45, 7) is 3.67. The predicted molar refractivity (Wildman–Crippen MR) is 110 cm³/mol. The van der Waals surface area contributed by atoms with Crippen molar-refractivity contribution in [3.63, 3.8) is 0 Å². The number of amides is 2. The van der Waals surface area contributed by atoms with Gasteiger partial charge in [0.15, 0.2) is 6.61 Å². The Bertz CT molecular complexity index is 897. The molecule has 0 unspecified atom stereocenters. The van der Waals surface area contributed by atoms with Crippen molar-refractivity contribution >= 4 is 29.1 Å². The lowest BCUT2D eigenvalue weighted by molar-refractivity contribution is -0.118. The van der Waals surface area contributed by atoms with Crippen LogP contribution in [-0.2, 0) is 9.53 Å². The lowest BCUT2D eigenvalue weighted by Gasteiger charge is -2.27. The Balaban J connectivity index is 1.67. The van der Waals surface area contributed by atoms with E-state index >= 15 is 0 Å². The summed E-state index contributed by atoms with van der Waals surface area (Å²) < 4.78 is 16.2. The van der Waals surface area contributed by atoms with Gasteiger partial charge in [-0.25, -0.2) is 0 Å². The molecule has 0 radical (unpaired) electrons. The molecule has 2 aromatic carbocycles. The first-order valence-electron chi connectivity index (χ1n) is 9.22. The van der Waals surface area contributed by atoms with Crippen molar-refractivity contribution in [2.24, 2.45) is 0 Å². The van der Waals surface area contributed by atoms with E-state index in [1.165, 1.54) is 7.11 Å². The Hall–Kier alpha value is -2.77. The fourth-order valence-electron chi connectivity index (χ4n) is 2.97. The summed E-state index contributed by atoms with van der Waals surface area (Å²) in [6, 6.07) is 10.3. The van der Waals surface area contributed by atoms with E-state index < -0.39 is 0 Å². The first-order chi connectivity index (χ1) is 14.0. The summed E-state index contributed by atoms with van der Waals surface area (Å²) in [4.78, 5) is 26.9. The van der Waals surface area contributed by atoms with E-state index in [0.717, 1.165) is 5.56 Å². The normalized spacial score (nSPS) is 13.7. The number of aryl methyl sites for hydroxylation is 1. The van der Waals surface area contributed by atoms with E-state index in [-0.39, 0.29) is 18.4 Å². The minimum atomic E-state index is -0.376. The number of methoxy groups -OCH3 is 1. The molecule has 2 amide bonds. The van der Waals surface area contributed by atoms with Crippen molar-refractivity contribution in [2.45, 2.75) is 6.92 Å². The zero-order valence-corrected chi connectivity index (χ0v) is 17.1. The maximum absolute atomic E-state index is 12.8. The van der Waals surface area contributed by atoms with Gasteiger partial charge >= 0.3 is 0 Å². The molecule has 0 aliphatic carbocycles. The lowest BCUT2D eigenvalue weighted by atomic mass is 10.1. The molecule has 0 atom stereocenters. The van der Waals surface area contributed by atoms with Crippen molar-refractivity contribution in [2.75, 3.05) is 45.3 Å². The molecule has 2 aromatic rings. The molecule has 1 N–H and O–H groups in total. The Labute approximate surface area is 174 Å². The number of anilines is 1. The van der Waals surface area contributed by atoms with Crippen molar-refractivity contribution < 1.29 is 23.8 Å². The number of para-hydroxylation sites is 1. The van der Waals surface area contributed by atoms with Crippen LogP contribution in [0, 0.1) is 6.92 Å². The van der Waals surface area contributed by atoms with Gasteiger partial charge in [-0.3, -0.25) is 9.59 Å². The molecule has 1 heterocycles. The first-order valence-corrected chi connectivity index (χ1v) is 9.60. The van der Waals surface area contributed by atoms with E-state index in [0.29, 0.717) is 54.1 Å². The Morgan fingerprint density at radius 3 is 2.62 bits per heavy atom. The average molecular weight is 419 g/mol. The van der Waals surface area contributed by atoms with Crippen LogP contribution < -0.4 is 14.8 Å². The van der Waals surface area contributed by atoms with Gasteiger partial charge in [0.05, 0.1) is 31.6 Å². The third-order valence-corrected chi connectivity index (χ3v) is 4.94. The van der Waals surface area contributed by atoms with Gasteiger partial charge < -0.3 is 24.4 Å². The minimum Gasteiger partial charge on any atom is -0.495 e. The SMILES string of the molecule is COc1cc(Cl)c(C)cc1NC(=O)COc1ccccc1C(=O)N1CCOCC1. The van der Waals surface area contributed by atoms with Crippen LogP contribution in [0.3, 0.4) is 0 Å². The summed E-state index contributed by atoms with van der Waals surface area (Å²) in [6.07, 6.45) is 0.